The number of piperidine rings is 1. The number of hydrogen-bond acceptors (Lipinski definition) is 5. The summed E-state index contributed by atoms with van der Waals surface area (Å²) in [5, 5.41) is 8.87. The summed E-state index contributed by atoms with van der Waals surface area (Å²) in [5.74, 6) is 0.740. The summed E-state index contributed by atoms with van der Waals surface area (Å²) in [6, 6.07) is 11.5. The average Bonchev–Trinajstić information content (AvgIpc) is 3.14. The highest BCUT2D eigenvalue weighted by atomic mass is 16.2. The van der Waals surface area contributed by atoms with E-state index < -0.39 is 0 Å². The van der Waals surface area contributed by atoms with Crippen LogP contribution in [0.5, 0.6) is 0 Å². The molecule has 7 heteroatoms. The second kappa shape index (κ2) is 7.41. The highest BCUT2D eigenvalue weighted by Gasteiger charge is 2.45. The molecule has 0 saturated carbocycles. The molecule has 5 rings (SSSR count). The second-order valence-corrected chi connectivity index (χ2v) is 8.74. The van der Waals surface area contributed by atoms with E-state index >= 15 is 0 Å². The highest BCUT2D eigenvalue weighted by Crippen LogP contribution is 2.41. The van der Waals surface area contributed by atoms with E-state index in [1.54, 1.807) is 10.8 Å². The minimum absolute atomic E-state index is 0.0326. The smallest absolute Gasteiger partial charge is 0.280 e. The normalized spacial score (nSPS) is 17.0. The number of rotatable bonds is 2. The molecule has 7 nitrogen and oxygen atoms in total. The van der Waals surface area contributed by atoms with Crippen LogP contribution in [0.4, 0.5) is 0 Å². The van der Waals surface area contributed by atoms with Crippen molar-refractivity contribution in [3.63, 3.8) is 0 Å². The van der Waals surface area contributed by atoms with E-state index in [2.05, 4.69) is 15.2 Å². The SMILES string of the molecule is Cc1ccc(-c2nnc3n(c2=O)CCC32CCN(C(=O)c3cc(C)ccn3)CC2)cc1. The number of nitrogens with zero attached hydrogens (tertiary/aromatic N) is 5. The molecule has 2 aliphatic heterocycles. The van der Waals surface area contributed by atoms with Crippen molar-refractivity contribution in [2.24, 2.45) is 0 Å². The number of hydrogen-bond donors (Lipinski definition) is 0. The molecule has 4 heterocycles. The maximum absolute atomic E-state index is 13.1. The second-order valence-electron chi connectivity index (χ2n) is 8.74. The number of amides is 1. The zero-order chi connectivity index (χ0) is 21.6. The van der Waals surface area contributed by atoms with Crippen molar-refractivity contribution in [3.05, 3.63) is 75.6 Å². The van der Waals surface area contributed by atoms with E-state index in [1.165, 1.54) is 0 Å². The molecule has 158 valence electrons. The van der Waals surface area contributed by atoms with E-state index in [-0.39, 0.29) is 16.9 Å². The Bertz CT molecular complexity index is 1210. The molecule has 0 N–H and O–H groups in total. The molecule has 1 fully saturated rings. The van der Waals surface area contributed by atoms with Crippen molar-refractivity contribution >= 4 is 5.91 Å². The van der Waals surface area contributed by atoms with Crippen LogP contribution in [0.1, 0.15) is 46.7 Å². The van der Waals surface area contributed by atoms with Gasteiger partial charge in [0.15, 0.2) is 5.69 Å². The molecule has 1 saturated heterocycles. The van der Waals surface area contributed by atoms with E-state index in [4.69, 9.17) is 0 Å². The molecule has 0 radical (unpaired) electrons. The van der Waals surface area contributed by atoms with Gasteiger partial charge in [-0.1, -0.05) is 29.8 Å². The summed E-state index contributed by atoms with van der Waals surface area (Å²) in [6.07, 6.45) is 4.10. The van der Waals surface area contributed by atoms with Crippen molar-refractivity contribution in [3.8, 4) is 11.3 Å². The monoisotopic (exact) mass is 415 g/mol. The van der Waals surface area contributed by atoms with Crippen molar-refractivity contribution in [2.45, 2.75) is 45.1 Å². The fourth-order valence-corrected chi connectivity index (χ4v) is 4.77. The predicted octanol–water partition coefficient (Wildman–Crippen LogP) is 2.89. The van der Waals surface area contributed by atoms with Crippen molar-refractivity contribution in [1.29, 1.82) is 0 Å². The maximum Gasteiger partial charge on any atom is 0.280 e. The van der Waals surface area contributed by atoms with E-state index in [0.717, 1.165) is 41.8 Å². The lowest BCUT2D eigenvalue weighted by Gasteiger charge is -2.38. The first kappa shape index (κ1) is 19.6. The number of fused-ring (bicyclic) bond motifs is 2. The lowest BCUT2D eigenvalue weighted by Crippen LogP contribution is -2.45. The van der Waals surface area contributed by atoms with Gasteiger partial charge in [0.1, 0.15) is 11.5 Å². The van der Waals surface area contributed by atoms with Crippen LogP contribution in [-0.2, 0) is 12.0 Å². The number of carbonyl (C=O) groups is 1. The Morgan fingerprint density at radius 1 is 0.935 bits per heavy atom. The van der Waals surface area contributed by atoms with Crippen LogP contribution in [0.25, 0.3) is 11.3 Å². The molecule has 0 bridgehead atoms. The number of aromatic nitrogens is 4. The van der Waals surface area contributed by atoms with Gasteiger partial charge in [-0.2, -0.15) is 0 Å². The summed E-state index contributed by atoms with van der Waals surface area (Å²) < 4.78 is 1.79. The van der Waals surface area contributed by atoms with Crippen LogP contribution in [0, 0.1) is 13.8 Å². The van der Waals surface area contributed by atoms with Crippen molar-refractivity contribution in [2.75, 3.05) is 13.1 Å². The molecule has 1 aromatic carbocycles. The van der Waals surface area contributed by atoms with Gasteiger partial charge in [-0.05, 0) is 50.8 Å². The first-order valence-electron chi connectivity index (χ1n) is 10.7. The molecule has 31 heavy (non-hydrogen) atoms. The summed E-state index contributed by atoms with van der Waals surface area (Å²) in [5.41, 5.74) is 3.59. The lowest BCUT2D eigenvalue weighted by molar-refractivity contribution is 0.0656. The zero-order valence-electron chi connectivity index (χ0n) is 17.8. The first-order valence-corrected chi connectivity index (χ1v) is 10.7. The molecule has 0 atom stereocenters. The molecule has 0 unspecified atom stereocenters. The Kier molecular flexibility index (Phi) is 4.68. The zero-order valence-corrected chi connectivity index (χ0v) is 17.8. The topological polar surface area (TPSA) is 81.0 Å². The molecule has 3 aromatic rings. The quantitative estimate of drug-likeness (QED) is 0.643. The van der Waals surface area contributed by atoms with Crippen LogP contribution in [0.3, 0.4) is 0 Å². The summed E-state index contributed by atoms with van der Waals surface area (Å²) >= 11 is 0. The van der Waals surface area contributed by atoms with Crippen LogP contribution in [0.15, 0.2) is 47.4 Å². The Hall–Kier alpha value is -3.35. The Morgan fingerprint density at radius 3 is 2.35 bits per heavy atom. The van der Waals surface area contributed by atoms with Gasteiger partial charge >= 0.3 is 0 Å². The average molecular weight is 415 g/mol. The van der Waals surface area contributed by atoms with Gasteiger partial charge in [0, 0.05) is 36.8 Å². The summed E-state index contributed by atoms with van der Waals surface area (Å²) in [6.45, 7) is 5.88. The number of likely N-dealkylation sites (tertiary alicyclic amines) is 1. The van der Waals surface area contributed by atoms with E-state index in [1.807, 2.05) is 55.1 Å². The molecule has 1 spiro atoms. The number of aryl methyl sites for hydroxylation is 2. The van der Waals surface area contributed by atoms with Crippen LogP contribution >= 0.6 is 0 Å². The number of benzene rings is 1. The van der Waals surface area contributed by atoms with Gasteiger partial charge in [-0.25, -0.2) is 0 Å². The van der Waals surface area contributed by atoms with Gasteiger partial charge in [0.05, 0.1) is 0 Å². The molecule has 1 amide bonds. The number of carbonyl (C=O) groups excluding carboxylic acids is 1. The van der Waals surface area contributed by atoms with Crippen LogP contribution in [-0.4, -0.2) is 43.6 Å². The molecule has 2 aromatic heterocycles. The molecular weight excluding hydrogens is 390 g/mol. The van der Waals surface area contributed by atoms with Crippen molar-refractivity contribution < 1.29 is 4.79 Å². The van der Waals surface area contributed by atoms with Gasteiger partial charge in [0.25, 0.3) is 11.5 Å². The Balaban J connectivity index is 1.38. The third-order valence-corrected chi connectivity index (χ3v) is 6.70. The van der Waals surface area contributed by atoms with E-state index in [9.17, 15) is 9.59 Å². The minimum Gasteiger partial charge on any atom is -0.337 e. The Labute approximate surface area is 180 Å². The van der Waals surface area contributed by atoms with Gasteiger partial charge in [-0.15, -0.1) is 10.2 Å². The Morgan fingerprint density at radius 2 is 1.65 bits per heavy atom. The molecular formula is C24H25N5O2. The summed E-state index contributed by atoms with van der Waals surface area (Å²) in [7, 11) is 0. The molecule has 2 aliphatic rings. The lowest BCUT2D eigenvalue weighted by atomic mass is 9.76. The third-order valence-electron chi connectivity index (χ3n) is 6.70. The fourth-order valence-electron chi connectivity index (χ4n) is 4.77. The maximum atomic E-state index is 13.1. The number of pyridine rings is 1. The van der Waals surface area contributed by atoms with Gasteiger partial charge in [-0.3, -0.25) is 19.1 Å². The molecule has 0 aliphatic carbocycles. The van der Waals surface area contributed by atoms with Crippen LogP contribution < -0.4 is 5.56 Å². The highest BCUT2D eigenvalue weighted by molar-refractivity contribution is 5.92. The standard InChI is InChI=1S/C24H25N5O2/c1-16-3-5-18(6-4-16)20-22(31)29-14-10-24(23(29)27-26-20)8-12-28(13-9-24)21(30)19-15-17(2)7-11-25-19/h3-7,11,15H,8-10,12-14H2,1-2H3. The van der Waals surface area contributed by atoms with Crippen molar-refractivity contribution in [1.82, 2.24) is 24.6 Å². The summed E-state index contributed by atoms with van der Waals surface area (Å²) in [4.78, 5) is 32.1. The van der Waals surface area contributed by atoms with E-state index in [0.29, 0.717) is 31.0 Å². The fraction of sp³-hybridized carbons (Fsp3) is 0.375. The van der Waals surface area contributed by atoms with Gasteiger partial charge in [0.2, 0.25) is 0 Å². The first-order chi connectivity index (χ1) is 15.0. The minimum atomic E-state index is -0.186. The predicted molar refractivity (Wildman–Crippen MR) is 117 cm³/mol. The largest absolute Gasteiger partial charge is 0.337 e. The van der Waals surface area contributed by atoms with Crippen LogP contribution in [0.2, 0.25) is 0 Å². The third kappa shape index (κ3) is 3.34. The van der Waals surface area contributed by atoms with Gasteiger partial charge < -0.3 is 4.90 Å².